The van der Waals surface area contributed by atoms with Gasteiger partial charge in [-0.15, -0.1) is 0 Å². The van der Waals surface area contributed by atoms with E-state index in [1.807, 2.05) is 6.92 Å². The Bertz CT molecular complexity index is 295. The average Bonchev–Trinajstić information content (AvgIpc) is 2.32. The van der Waals surface area contributed by atoms with Gasteiger partial charge in [0.15, 0.2) is 0 Å². The molecule has 0 spiro atoms. The molecular weight excluding hydrogens is 248 g/mol. The van der Waals surface area contributed by atoms with Crippen LogP contribution in [-0.2, 0) is 0 Å². The first-order valence-electron chi connectivity index (χ1n) is 7.81. The summed E-state index contributed by atoms with van der Waals surface area (Å²) < 4.78 is 0. The number of nitriles is 1. The monoisotopic (exact) mass is 282 g/mol. The van der Waals surface area contributed by atoms with Crippen LogP contribution < -0.4 is 5.32 Å². The smallest absolute Gasteiger partial charge is 0.105 e. The zero-order valence-electron chi connectivity index (χ0n) is 14.5. The maximum Gasteiger partial charge on any atom is 0.105 e. The van der Waals surface area contributed by atoms with Gasteiger partial charge < -0.3 is 4.90 Å². The molecular formula is C16H34N4. The van der Waals surface area contributed by atoms with Gasteiger partial charge in [-0.3, -0.25) is 10.2 Å². The van der Waals surface area contributed by atoms with Crippen molar-refractivity contribution >= 4 is 0 Å². The van der Waals surface area contributed by atoms with E-state index in [9.17, 15) is 5.26 Å². The Labute approximate surface area is 126 Å². The Kier molecular flexibility index (Phi) is 9.04. The molecule has 0 heterocycles. The van der Waals surface area contributed by atoms with Crippen LogP contribution in [0.1, 0.15) is 47.5 Å². The summed E-state index contributed by atoms with van der Waals surface area (Å²) in [5, 5.41) is 12.9. The first-order chi connectivity index (χ1) is 9.24. The van der Waals surface area contributed by atoms with Crippen LogP contribution >= 0.6 is 0 Å². The van der Waals surface area contributed by atoms with E-state index >= 15 is 0 Å². The molecule has 1 N–H and O–H groups in total. The zero-order valence-corrected chi connectivity index (χ0v) is 14.5. The summed E-state index contributed by atoms with van der Waals surface area (Å²) in [5.74, 6) is 0. The number of hydrogen-bond donors (Lipinski definition) is 1. The summed E-state index contributed by atoms with van der Waals surface area (Å²) in [5.41, 5.74) is -0.447. The van der Waals surface area contributed by atoms with Gasteiger partial charge in [0.1, 0.15) is 5.54 Å². The molecule has 0 rings (SSSR count). The highest BCUT2D eigenvalue weighted by Crippen LogP contribution is 2.17. The minimum atomic E-state index is -0.447. The molecule has 20 heavy (non-hydrogen) atoms. The fraction of sp³-hybridized carbons (Fsp3) is 0.938. The topological polar surface area (TPSA) is 42.3 Å². The van der Waals surface area contributed by atoms with Gasteiger partial charge in [-0.2, -0.15) is 5.26 Å². The molecule has 0 amide bonds. The van der Waals surface area contributed by atoms with E-state index < -0.39 is 5.54 Å². The fourth-order valence-electron chi connectivity index (χ4n) is 2.66. The summed E-state index contributed by atoms with van der Waals surface area (Å²) >= 11 is 0. The van der Waals surface area contributed by atoms with Gasteiger partial charge in [0.25, 0.3) is 0 Å². The molecule has 0 radical (unpaired) electrons. The average molecular weight is 282 g/mol. The second kappa shape index (κ2) is 9.33. The Morgan fingerprint density at radius 1 is 1.15 bits per heavy atom. The Hall–Kier alpha value is -0.630. The van der Waals surface area contributed by atoms with E-state index in [0.717, 1.165) is 32.5 Å². The summed E-state index contributed by atoms with van der Waals surface area (Å²) in [4.78, 5) is 4.71. The van der Waals surface area contributed by atoms with Crippen molar-refractivity contribution in [2.24, 2.45) is 0 Å². The second-order valence-electron chi connectivity index (χ2n) is 6.64. The van der Waals surface area contributed by atoms with E-state index in [4.69, 9.17) is 0 Å². The van der Waals surface area contributed by atoms with Crippen molar-refractivity contribution in [3.63, 3.8) is 0 Å². The minimum absolute atomic E-state index is 0.327. The van der Waals surface area contributed by atoms with Crippen molar-refractivity contribution in [3.8, 4) is 6.07 Å². The third kappa shape index (κ3) is 7.84. The molecule has 118 valence electrons. The van der Waals surface area contributed by atoms with Gasteiger partial charge in [0.05, 0.1) is 6.07 Å². The molecule has 2 unspecified atom stereocenters. The predicted octanol–water partition coefficient (Wildman–Crippen LogP) is 2.32. The lowest BCUT2D eigenvalue weighted by molar-refractivity contribution is 0.160. The van der Waals surface area contributed by atoms with E-state index in [-0.39, 0.29) is 0 Å². The van der Waals surface area contributed by atoms with Crippen molar-refractivity contribution in [3.05, 3.63) is 0 Å². The molecule has 2 atom stereocenters. The molecule has 0 aromatic rings. The number of nitrogens with zero attached hydrogens (tertiary/aromatic N) is 3. The standard InChI is InChI=1S/C16H34N4/c1-8-9-20(11-10-19(6)7)15(4)12-16(5,13-17)18-14(2)3/h14-15,18H,8-12H2,1-7H3. The summed E-state index contributed by atoms with van der Waals surface area (Å²) in [6, 6.07) is 3.19. The van der Waals surface area contributed by atoms with Crippen LogP contribution in [0.5, 0.6) is 0 Å². The van der Waals surface area contributed by atoms with Gasteiger partial charge in [-0.1, -0.05) is 6.92 Å². The summed E-state index contributed by atoms with van der Waals surface area (Å²) in [7, 11) is 4.21. The van der Waals surface area contributed by atoms with Crippen LogP contribution in [0.15, 0.2) is 0 Å². The lowest BCUT2D eigenvalue weighted by Crippen LogP contribution is -2.50. The van der Waals surface area contributed by atoms with Gasteiger partial charge in [-0.05, 0) is 61.2 Å². The zero-order chi connectivity index (χ0) is 15.8. The first kappa shape index (κ1) is 19.4. The van der Waals surface area contributed by atoms with E-state index in [1.165, 1.54) is 0 Å². The molecule has 4 heteroatoms. The molecule has 0 aliphatic heterocycles. The molecule has 0 bridgehead atoms. The Balaban J connectivity index is 4.63. The van der Waals surface area contributed by atoms with E-state index in [2.05, 4.69) is 63.0 Å². The van der Waals surface area contributed by atoms with Crippen LogP contribution in [0.2, 0.25) is 0 Å². The third-order valence-electron chi connectivity index (χ3n) is 3.53. The lowest BCUT2D eigenvalue weighted by Gasteiger charge is -2.35. The molecule has 0 fully saturated rings. The molecule has 0 aromatic carbocycles. The van der Waals surface area contributed by atoms with Crippen LogP contribution in [0.3, 0.4) is 0 Å². The van der Waals surface area contributed by atoms with Crippen LogP contribution in [0, 0.1) is 11.3 Å². The van der Waals surface area contributed by atoms with Crippen LogP contribution in [0.25, 0.3) is 0 Å². The number of likely N-dealkylation sites (N-methyl/N-ethyl adjacent to an activating group) is 1. The molecule has 4 nitrogen and oxygen atoms in total. The van der Waals surface area contributed by atoms with Gasteiger partial charge in [0.2, 0.25) is 0 Å². The lowest BCUT2D eigenvalue weighted by atomic mass is 9.93. The highest BCUT2D eigenvalue weighted by Gasteiger charge is 2.29. The van der Waals surface area contributed by atoms with Crippen molar-refractivity contribution < 1.29 is 0 Å². The second-order valence-corrected chi connectivity index (χ2v) is 6.64. The molecule has 0 saturated heterocycles. The maximum absolute atomic E-state index is 9.47. The quantitative estimate of drug-likeness (QED) is 0.668. The molecule has 0 saturated carbocycles. The highest BCUT2D eigenvalue weighted by atomic mass is 15.2. The summed E-state index contributed by atoms with van der Waals surface area (Å²) in [6.07, 6.45) is 2.01. The third-order valence-corrected chi connectivity index (χ3v) is 3.53. The fourth-order valence-corrected chi connectivity index (χ4v) is 2.66. The summed E-state index contributed by atoms with van der Waals surface area (Å²) in [6.45, 7) is 13.9. The molecule has 0 aromatic heterocycles. The van der Waals surface area contributed by atoms with Gasteiger partial charge in [-0.25, -0.2) is 0 Å². The number of hydrogen-bond acceptors (Lipinski definition) is 4. The van der Waals surface area contributed by atoms with Crippen molar-refractivity contribution in [1.82, 2.24) is 15.1 Å². The predicted molar refractivity (Wildman–Crippen MR) is 86.8 cm³/mol. The van der Waals surface area contributed by atoms with Crippen LogP contribution in [0.4, 0.5) is 0 Å². The maximum atomic E-state index is 9.47. The van der Waals surface area contributed by atoms with E-state index in [1.54, 1.807) is 0 Å². The van der Waals surface area contributed by atoms with Gasteiger partial charge in [0, 0.05) is 25.2 Å². The number of nitrogens with one attached hydrogen (secondary N) is 1. The van der Waals surface area contributed by atoms with Crippen molar-refractivity contribution in [2.75, 3.05) is 33.7 Å². The van der Waals surface area contributed by atoms with Crippen LogP contribution in [-0.4, -0.2) is 61.2 Å². The van der Waals surface area contributed by atoms with Gasteiger partial charge >= 0.3 is 0 Å². The van der Waals surface area contributed by atoms with E-state index in [0.29, 0.717) is 12.1 Å². The Morgan fingerprint density at radius 2 is 1.75 bits per heavy atom. The Morgan fingerprint density at radius 3 is 2.15 bits per heavy atom. The van der Waals surface area contributed by atoms with Crippen molar-refractivity contribution in [1.29, 1.82) is 5.26 Å². The normalized spacial score (nSPS) is 16.4. The minimum Gasteiger partial charge on any atom is -0.308 e. The molecule has 0 aliphatic rings. The SMILES string of the molecule is CCCN(CCN(C)C)C(C)CC(C)(C#N)NC(C)C. The molecule has 0 aliphatic carbocycles. The number of rotatable bonds is 10. The highest BCUT2D eigenvalue weighted by molar-refractivity contribution is 5.06. The largest absolute Gasteiger partial charge is 0.308 e. The first-order valence-corrected chi connectivity index (χ1v) is 7.81. The van der Waals surface area contributed by atoms with Crippen molar-refractivity contribution in [2.45, 2.75) is 65.1 Å².